The van der Waals surface area contributed by atoms with Gasteiger partial charge in [0.25, 0.3) is 0 Å². The molecule has 0 bridgehead atoms. The summed E-state index contributed by atoms with van der Waals surface area (Å²) in [6.07, 6.45) is -5.88. The fourth-order valence-electron chi connectivity index (χ4n) is 5.52. The topological polar surface area (TPSA) is 198 Å². The average molecular weight is 851 g/mol. The third-order valence-corrected chi connectivity index (χ3v) is 8.46. The van der Waals surface area contributed by atoms with Crippen LogP contribution in [0.25, 0.3) is 12.2 Å². The Morgan fingerprint density at radius 2 is 0.984 bits per heavy atom. The van der Waals surface area contributed by atoms with E-state index in [9.17, 15) is 55.7 Å². The highest BCUT2D eigenvalue weighted by Gasteiger charge is 2.43. The Kier molecular flexibility index (Phi) is 13.7. The lowest BCUT2D eigenvalue weighted by Gasteiger charge is -2.30. The van der Waals surface area contributed by atoms with Crippen molar-refractivity contribution < 1.29 is 74.7 Å². The van der Waals surface area contributed by atoms with Crippen molar-refractivity contribution in [2.45, 2.75) is 30.9 Å². The average Bonchev–Trinajstić information content (AvgIpc) is 3.19. The molecule has 0 aromatic heterocycles. The molecule has 5 aromatic carbocycles. The van der Waals surface area contributed by atoms with E-state index in [-0.39, 0.29) is 39.6 Å². The third-order valence-electron chi connectivity index (χ3n) is 8.46. The van der Waals surface area contributed by atoms with Crippen LogP contribution < -0.4 is 30.4 Å². The predicted molar refractivity (Wildman–Crippen MR) is 207 cm³/mol. The summed E-state index contributed by atoms with van der Waals surface area (Å²) in [6, 6.07) is 23.5. The van der Waals surface area contributed by atoms with E-state index >= 15 is 0 Å². The first kappa shape index (κ1) is 44.7. The van der Waals surface area contributed by atoms with Crippen LogP contribution >= 0.6 is 0 Å². The molecule has 0 aliphatic carbocycles. The molecule has 0 fully saturated rings. The van der Waals surface area contributed by atoms with Crippen LogP contribution in [0, 0.1) is 0 Å². The molecule has 5 rings (SSSR count). The van der Waals surface area contributed by atoms with Crippen LogP contribution in [0.4, 0.5) is 37.7 Å². The second kappa shape index (κ2) is 18.6. The van der Waals surface area contributed by atoms with Crippen molar-refractivity contribution in [1.29, 1.82) is 0 Å². The van der Waals surface area contributed by atoms with Crippen molar-refractivity contribution in [2.75, 3.05) is 11.5 Å². The summed E-state index contributed by atoms with van der Waals surface area (Å²) in [7, 11) is 0. The van der Waals surface area contributed by atoms with Crippen molar-refractivity contribution in [3.63, 3.8) is 0 Å². The lowest BCUT2D eigenvalue weighted by Crippen LogP contribution is -2.44. The maximum absolute atomic E-state index is 13.3. The van der Waals surface area contributed by atoms with Crippen LogP contribution in [0.3, 0.4) is 0 Å². The first-order valence-corrected chi connectivity index (χ1v) is 17.5. The Bertz CT molecular complexity index is 2430. The minimum atomic E-state index is -4.90. The molecule has 1 unspecified atom stereocenters. The first-order chi connectivity index (χ1) is 28.6. The van der Waals surface area contributed by atoms with Crippen molar-refractivity contribution in [2.24, 2.45) is 0 Å². The number of anilines is 2. The summed E-state index contributed by atoms with van der Waals surface area (Å²) < 4.78 is 92.3. The van der Waals surface area contributed by atoms with E-state index in [0.29, 0.717) is 11.1 Å². The monoisotopic (exact) mass is 850 g/mol. The van der Waals surface area contributed by atoms with Gasteiger partial charge in [-0.3, -0.25) is 9.59 Å². The van der Waals surface area contributed by atoms with Gasteiger partial charge in [0.1, 0.15) is 23.0 Å². The van der Waals surface area contributed by atoms with Crippen LogP contribution in [-0.2, 0) is 9.59 Å². The molecule has 6 N–H and O–H groups in total. The Morgan fingerprint density at radius 3 is 1.39 bits per heavy atom. The fourth-order valence-corrected chi connectivity index (χ4v) is 5.52. The van der Waals surface area contributed by atoms with Gasteiger partial charge in [-0.25, -0.2) is 9.59 Å². The number of rotatable bonds is 15. The molecule has 12 nitrogen and oxygen atoms in total. The molecule has 18 heteroatoms. The minimum Gasteiger partial charge on any atom is -0.423 e. The Labute approximate surface area is 341 Å². The van der Waals surface area contributed by atoms with E-state index in [2.05, 4.69) is 9.47 Å². The van der Waals surface area contributed by atoms with Gasteiger partial charge in [0.15, 0.2) is 5.78 Å². The number of alkyl halides is 6. The molecule has 61 heavy (non-hydrogen) atoms. The lowest BCUT2D eigenvalue weighted by atomic mass is 9.82. The number of esters is 2. The summed E-state index contributed by atoms with van der Waals surface area (Å²) in [5.41, 5.74) is 13.0. The Balaban J connectivity index is 1.23. The highest BCUT2D eigenvalue weighted by atomic mass is 19.4. The normalized spacial score (nSPS) is 12.5. The number of carbonyl (C=O) groups excluding carboxylic acids is 4. The molecule has 0 radical (unpaired) electrons. The second-order valence-corrected chi connectivity index (χ2v) is 12.9. The van der Waals surface area contributed by atoms with E-state index in [4.69, 9.17) is 20.9 Å². The summed E-state index contributed by atoms with van der Waals surface area (Å²) in [6.45, 7) is 0. The highest BCUT2D eigenvalue weighted by Crippen LogP contribution is 2.36. The van der Waals surface area contributed by atoms with E-state index < -0.39 is 65.9 Å². The number of allylic oxidation sites excluding steroid dienone is 1. The maximum Gasteiger partial charge on any atom is 0.573 e. The van der Waals surface area contributed by atoms with Crippen LogP contribution in [-0.4, -0.2) is 52.2 Å². The van der Waals surface area contributed by atoms with Crippen LogP contribution in [0.5, 0.6) is 23.0 Å². The Hall–Kier alpha value is -7.44. The number of benzene rings is 5. The van der Waals surface area contributed by atoms with Gasteiger partial charge in [-0.05, 0) is 114 Å². The molecule has 0 aliphatic rings. The maximum atomic E-state index is 13.3. The number of carbonyl (C=O) groups is 4. The van der Waals surface area contributed by atoms with Gasteiger partial charge >= 0.3 is 24.7 Å². The molecule has 0 saturated carbocycles. The quantitative estimate of drug-likeness (QED) is 0.0199. The fraction of sp³-hybridized carbons (Fsp3) is 0.116. The van der Waals surface area contributed by atoms with Crippen LogP contribution in [0.15, 0.2) is 127 Å². The number of hydrogen-bond donors (Lipinski definition) is 4. The standard InChI is InChI=1S/C43H32F6N2O10/c44-42(45,46)60-33-17-13-31(14-18-33)58-39(54)27-7-1-25(2-8-27)5-12-30(52)24-36(35-21-11-29(50)23-37(35)51)41(56,57)38(53)22-6-26-3-9-28(10-4-26)40(55)59-32-15-19-34(20-16-32)61-43(47,48)49/h1-23,36,56-57H,24,50-51H2/b12-5+,22-6+. The van der Waals surface area contributed by atoms with Gasteiger partial charge in [0.2, 0.25) is 11.6 Å². The zero-order valence-corrected chi connectivity index (χ0v) is 31.1. The van der Waals surface area contributed by atoms with Crippen molar-refractivity contribution >= 4 is 47.0 Å². The number of hydrogen-bond acceptors (Lipinski definition) is 12. The minimum absolute atomic E-state index is 0.0264. The van der Waals surface area contributed by atoms with Gasteiger partial charge in [-0.15, -0.1) is 26.3 Å². The smallest absolute Gasteiger partial charge is 0.423 e. The molecule has 0 aliphatic heterocycles. The molecule has 0 amide bonds. The number of halogens is 6. The third kappa shape index (κ3) is 13.0. The first-order valence-electron chi connectivity index (χ1n) is 17.5. The lowest BCUT2D eigenvalue weighted by molar-refractivity contribution is -0.275. The van der Waals surface area contributed by atoms with Gasteiger partial charge in [0.05, 0.1) is 17.0 Å². The molecule has 0 saturated heterocycles. The number of ether oxygens (including phenoxy) is 4. The summed E-state index contributed by atoms with van der Waals surface area (Å²) in [4.78, 5) is 51.7. The molecule has 5 aromatic rings. The molecule has 1 atom stereocenters. The predicted octanol–water partition coefficient (Wildman–Crippen LogP) is 7.81. The largest absolute Gasteiger partial charge is 0.573 e. The molecule has 316 valence electrons. The molecular weight excluding hydrogens is 818 g/mol. The van der Waals surface area contributed by atoms with Crippen molar-refractivity contribution in [3.05, 3.63) is 155 Å². The van der Waals surface area contributed by atoms with E-state index in [1.807, 2.05) is 0 Å². The van der Waals surface area contributed by atoms with Gasteiger partial charge in [-0.2, -0.15) is 0 Å². The zero-order valence-electron chi connectivity index (χ0n) is 31.1. The highest BCUT2D eigenvalue weighted by molar-refractivity contribution is 6.01. The second-order valence-electron chi connectivity index (χ2n) is 12.9. The summed E-state index contributed by atoms with van der Waals surface area (Å²) in [5, 5.41) is 22.5. The number of nitrogens with two attached hydrogens (primary N) is 2. The number of nitrogen functional groups attached to an aromatic ring is 2. The summed E-state index contributed by atoms with van der Waals surface area (Å²) >= 11 is 0. The van der Waals surface area contributed by atoms with Crippen molar-refractivity contribution in [3.8, 4) is 23.0 Å². The van der Waals surface area contributed by atoms with Crippen LogP contribution in [0.2, 0.25) is 0 Å². The van der Waals surface area contributed by atoms with Gasteiger partial charge in [-0.1, -0.05) is 42.5 Å². The van der Waals surface area contributed by atoms with E-state index in [0.717, 1.165) is 60.7 Å². The SMILES string of the molecule is Nc1ccc(C(CC(=O)/C=C/c2ccc(C(=O)Oc3ccc(OC(F)(F)F)cc3)cc2)C(O)(O)C(=O)/C=C/c2ccc(C(=O)Oc3ccc(OC(F)(F)F)cc3)cc2)c(N)c1. The van der Waals surface area contributed by atoms with Gasteiger partial charge in [0, 0.05) is 17.8 Å². The number of aliphatic hydroxyl groups is 2. The van der Waals surface area contributed by atoms with Crippen LogP contribution in [0.1, 0.15) is 49.7 Å². The molecule has 0 spiro atoms. The van der Waals surface area contributed by atoms with Crippen molar-refractivity contribution in [1.82, 2.24) is 0 Å². The summed E-state index contributed by atoms with van der Waals surface area (Å²) in [5.74, 6) is -9.51. The molecule has 0 heterocycles. The Morgan fingerprint density at radius 1 is 0.574 bits per heavy atom. The van der Waals surface area contributed by atoms with Gasteiger partial charge < -0.3 is 40.6 Å². The molecular formula is C43H32F6N2O10. The van der Waals surface area contributed by atoms with E-state index in [1.165, 1.54) is 78.9 Å². The number of ketones is 2. The zero-order chi connectivity index (χ0) is 44.5. The van der Waals surface area contributed by atoms with E-state index in [1.54, 1.807) is 0 Å².